The van der Waals surface area contributed by atoms with E-state index < -0.39 is 12.1 Å². The molecule has 1 fully saturated rings. The summed E-state index contributed by atoms with van der Waals surface area (Å²) < 4.78 is 9.55. The first-order valence-electron chi connectivity index (χ1n) is 2.71. The number of carbonyl (C=O) groups is 1. The quantitative estimate of drug-likeness (QED) is 0.355. The van der Waals surface area contributed by atoms with Crippen molar-refractivity contribution >= 4 is 5.97 Å². The molecule has 1 aliphatic rings. The van der Waals surface area contributed by atoms with Crippen LogP contribution in [0.4, 0.5) is 0 Å². The zero-order valence-electron chi connectivity index (χ0n) is 5.83. The van der Waals surface area contributed by atoms with E-state index in [9.17, 15) is 9.90 Å². The fraction of sp³-hybridized carbons (Fsp3) is 0.800. The topological polar surface area (TPSA) is 58.6 Å². The molecule has 0 aromatic rings. The number of hydrogen-bond acceptors (Lipinski definition) is 4. The number of carboxylic acid groups (broad SMARTS) is 1. The van der Waals surface area contributed by atoms with E-state index in [1.165, 1.54) is 0 Å². The van der Waals surface area contributed by atoms with Crippen molar-refractivity contribution in [2.45, 2.75) is 6.10 Å². The molecule has 10 heavy (non-hydrogen) atoms. The van der Waals surface area contributed by atoms with Crippen molar-refractivity contribution < 1.29 is 48.9 Å². The van der Waals surface area contributed by atoms with Gasteiger partial charge < -0.3 is 19.4 Å². The molecule has 0 aliphatic carbocycles. The van der Waals surface area contributed by atoms with Gasteiger partial charge in [-0.2, -0.15) is 0 Å². The van der Waals surface area contributed by atoms with Crippen LogP contribution < -0.4 is 34.7 Å². The number of carbonyl (C=O) groups excluding carboxylic acids is 1. The minimum absolute atomic E-state index is 0. The average molecular weight is 154 g/mol. The molecule has 1 aliphatic heterocycles. The Balaban J connectivity index is 0.000000810. The van der Waals surface area contributed by atoms with Crippen LogP contribution in [-0.2, 0) is 14.3 Å². The second-order valence-electron chi connectivity index (χ2n) is 1.75. The van der Waals surface area contributed by atoms with Crippen LogP contribution in [0.25, 0.3) is 0 Å². The van der Waals surface area contributed by atoms with E-state index in [4.69, 9.17) is 9.47 Å². The molecule has 1 atom stereocenters. The van der Waals surface area contributed by atoms with Crippen molar-refractivity contribution in [1.29, 1.82) is 0 Å². The Labute approximate surface area is 80.8 Å². The van der Waals surface area contributed by atoms with Crippen molar-refractivity contribution in [1.82, 2.24) is 0 Å². The molecule has 0 N–H and O–H groups in total. The van der Waals surface area contributed by atoms with Gasteiger partial charge in [-0.25, -0.2) is 0 Å². The van der Waals surface area contributed by atoms with Crippen molar-refractivity contribution in [2.24, 2.45) is 0 Å². The summed E-state index contributed by atoms with van der Waals surface area (Å²) in [6.45, 7) is 0.935. The minimum atomic E-state index is -1.20. The first-order valence-corrected chi connectivity index (χ1v) is 2.71. The summed E-state index contributed by atoms with van der Waals surface area (Å²) in [5, 5.41) is 10.0. The molecule has 0 aromatic heterocycles. The van der Waals surface area contributed by atoms with Crippen molar-refractivity contribution in [2.75, 3.05) is 19.8 Å². The molecule has 1 rings (SSSR count). The summed E-state index contributed by atoms with van der Waals surface area (Å²) in [4.78, 5) is 10.0. The van der Waals surface area contributed by atoms with E-state index in [2.05, 4.69) is 0 Å². The number of carboxylic acids is 1. The normalized spacial score (nSPS) is 25.0. The van der Waals surface area contributed by atoms with Gasteiger partial charge >= 0.3 is 29.6 Å². The molecule has 0 amide bonds. The van der Waals surface area contributed by atoms with Gasteiger partial charge in [-0.1, -0.05) is 0 Å². The Kier molecular flexibility index (Phi) is 5.29. The fourth-order valence-corrected chi connectivity index (χ4v) is 0.624. The summed E-state index contributed by atoms with van der Waals surface area (Å²) in [5.41, 5.74) is 0. The third-order valence-electron chi connectivity index (χ3n) is 1.08. The van der Waals surface area contributed by atoms with Crippen molar-refractivity contribution in [3.05, 3.63) is 0 Å². The van der Waals surface area contributed by atoms with E-state index in [1.807, 2.05) is 0 Å². The first-order chi connectivity index (χ1) is 4.30. The summed E-state index contributed by atoms with van der Waals surface area (Å²) in [6.07, 6.45) is -0.862. The molecule has 0 aromatic carbocycles. The predicted octanol–water partition coefficient (Wildman–Crippen LogP) is -4.84. The average Bonchev–Trinajstić information content (AvgIpc) is 1.90. The molecule has 0 saturated carbocycles. The Bertz CT molecular complexity index is 110. The molecule has 0 radical (unpaired) electrons. The Morgan fingerprint density at radius 1 is 1.50 bits per heavy atom. The molecule has 1 unspecified atom stereocenters. The van der Waals surface area contributed by atoms with Gasteiger partial charge in [0.15, 0.2) is 0 Å². The monoisotopic (exact) mass is 154 g/mol. The fourth-order valence-electron chi connectivity index (χ4n) is 0.624. The SMILES string of the molecule is O=C([O-])C1COCCO1.[Na+]. The summed E-state index contributed by atoms with van der Waals surface area (Å²) in [5.74, 6) is -1.20. The van der Waals surface area contributed by atoms with Gasteiger partial charge in [0.1, 0.15) is 6.10 Å². The summed E-state index contributed by atoms with van der Waals surface area (Å²) >= 11 is 0. The molecule has 0 spiro atoms. The van der Waals surface area contributed by atoms with Gasteiger partial charge in [0.2, 0.25) is 0 Å². The second kappa shape index (κ2) is 5.09. The smallest absolute Gasteiger partial charge is 0.547 e. The zero-order valence-corrected chi connectivity index (χ0v) is 7.83. The van der Waals surface area contributed by atoms with Crippen LogP contribution >= 0.6 is 0 Å². The Morgan fingerprint density at radius 3 is 2.50 bits per heavy atom. The third kappa shape index (κ3) is 2.98. The number of rotatable bonds is 1. The van der Waals surface area contributed by atoms with Crippen LogP contribution in [0.2, 0.25) is 0 Å². The maximum Gasteiger partial charge on any atom is 1.00 e. The number of aliphatic carboxylic acids is 1. The first kappa shape index (κ1) is 10.4. The molecular formula is C5H7NaO4. The molecule has 5 heteroatoms. The van der Waals surface area contributed by atoms with E-state index in [0.717, 1.165) is 0 Å². The van der Waals surface area contributed by atoms with Crippen LogP contribution in [0, 0.1) is 0 Å². The van der Waals surface area contributed by atoms with Gasteiger partial charge in [0.25, 0.3) is 0 Å². The van der Waals surface area contributed by atoms with E-state index >= 15 is 0 Å². The van der Waals surface area contributed by atoms with Gasteiger partial charge in [-0.3, -0.25) is 0 Å². The van der Waals surface area contributed by atoms with Crippen LogP contribution in [0.5, 0.6) is 0 Å². The Hall–Kier alpha value is 0.390. The van der Waals surface area contributed by atoms with Gasteiger partial charge in [0.05, 0.1) is 25.8 Å². The summed E-state index contributed by atoms with van der Waals surface area (Å²) in [7, 11) is 0. The maximum absolute atomic E-state index is 10.0. The zero-order chi connectivity index (χ0) is 6.69. The molecule has 52 valence electrons. The van der Waals surface area contributed by atoms with Crippen LogP contribution in [-0.4, -0.2) is 31.9 Å². The maximum atomic E-state index is 10.0. The number of ether oxygens (including phenoxy) is 2. The molecule has 0 bridgehead atoms. The number of hydrogen-bond donors (Lipinski definition) is 0. The third-order valence-corrected chi connectivity index (χ3v) is 1.08. The van der Waals surface area contributed by atoms with Crippen molar-refractivity contribution in [3.63, 3.8) is 0 Å². The molecular weight excluding hydrogens is 147 g/mol. The van der Waals surface area contributed by atoms with Crippen molar-refractivity contribution in [3.8, 4) is 0 Å². The molecule has 1 heterocycles. The molecule has 1 saturated heterocycles. The van der Waals surface area contributed by atoms with Crippen LogP contribution in [0.3, 0.4) is 0 Å². The van der Waals surface area contributed by atoms with Crippen LogP contribution in [0.1, 0.15) is 0 Å². The minimum Gasteiger partial charge on any atom is -0.547 e. The predicted molar refractivity (Wildman–Crippen MR) is 25.6 cm³/mol. The van der Waals surface area contributed by atoms with E-state index in [0.29, 0.717) is 13.2 Å². The Morgan fingerprint density at radius 2 is 2.20 bits per heavy atom. The van der Waals surface area contributed by atoms with E-state index in [-0.39, 0.29) is 36.2 Å². The molecule has 4 nitrogen and oxygen atoms in total. The largest absolute Gasteiger partial charge is 1.00 e. The van der Waals surface area contributed by atoms with E-state index in [1.54, 1.807) is 0 Å². The standard InChI is InChI=1S/C5H8O4.Na/c6-5(7)4-3-8-1-2-9-4;/h4H,1-3H2,(H,6,7);/q;+1/p-1. The van der Waals surface area contributed by atoms with Gasteiger partial charge in [-0.15, -0.1) is 0 Å². The van der Waals surface area contributed by atoms with Crippen LogP contribution in [0.15, 0.2) is 0 Å². The van der Waals surface area contributed by atoms with Gasteiger partial charge in [-0.05, 0) is 0 Å². The second-order valence-corrected chi connectivity index (χ2v) is 1.75. The van der Waals surface area contributed by atoms with Gasteiger partial charge in [0, 0.05) is 0 Å². The summed E-state index contributed by atoms with van der Waals surface area (Å²) in [6, 6.07) is 0.